The topological polar surface area (TPSA) is 90.1 Å². The van der Waals surface area contributed by atoms with Gasteiger partial charge in [0.05, 0.1) is 0 Å². The fourth-order valence-electron chi connectivity index (χ4n) is 1.52. The number of nitrogens with two attached hydrogens (primary N) is 1. The van der Waals surface area contributed by atoms with E-state index in [1.165, 1.54) is 7.05 Å². The minimum Gasteiger partial charge on any atom is -0.437 e. The lowest BCUT2D eigenvalue weighted by Crippen LogP contribution is -2.19. The molecule has 2 aromatic rings. The van der Waals surface area contributed by atoms with Crippen LogP contribution in [-0.2, 0) is 0 Å². The second-order valence-electron chi connectivity index (χ2n) is 3.96. The molecule has 0 saturated heterocycles. The molecule has 1 amide bonds. The predicted molar refractivity (Wildman–Crippen MR) is 71.1 cm³/mol. The molecule has 0 atom stereocenters. The Balaban J connectivity index is 2.17. The van der Waals surface area contributed by atoms with E-state index in [9.17, 15) is 4.79 Å². The highest BCUT2D eigenvalue weighted by atomic mass is 16.5. The average Bonchev–Trinajstić information content (AvgIpc) is 2.42. The summed E-state index contributed by atoms with van der Waals surface area (Å²) < 4.78 is 5.57. The Morgan fingerprint density at radius 2 is 2.05 bits per heavy atom. The van der Waals surface area contributed by atoms with Gasteiger partial charge < -0.3 is 15.8 Å². The Morgan fingerprint density at radius 3 is 2.63 bits per heavy atom. The number of carbonyl (C=O) groups is 1. The number of nitrogens with zero attached hydrogens (tertiary/aromatic N) is 2. The van der Waals surface area contributed by atoms with Gasteiger partial charge in [-0.3, -0.25) is 4.79 Å². The number of anilines is 1. The van der Waals surface area contributed by atoms with Crippen LogP contribution < -0.4 is 15.8 Å². The molecular weight excluding hydrogens is 244 g/mol. The molecule has 0 bridgehead atoms. The smallest absolute Gasteiger partial charge is 0.271 e. The molecule has 0 saturated carbocycles. The predicted octanol–water partition coefficient (Wildman–Crippen LogP) is 1.52. The van der Waals surface area contributed by atoms with Crippen molar-refractivity contribution in [2.24, 2.45) is 0 Å². The number of nitrogen functional groups attached to an aromatic ring is 1. The number of amides is 1. The van der Waals surface area contributed by atoms with Gasteiger partial charge in [-0.05, 0) is 36.8 Å². The van der Waals surface area contributed by atoms with Crippen molar-refractivity contribution in [1.29, 1.82) is 0 Å². The van der Waals surface area contributed by atoms with Gasteiger partial charge in [0.15, 0.2) is 5.69 Å². The zero-order chi connectivity index (χ0) is 13.8. The van der Waals surface area contributed by atoms with Gasteiger partial charge in [0, 0.05) is 18.8 Å². The van der Waals surface area contributed by atoms with Crippen LogP contribution in [0.5, 0.6) is 11.6 Å². The normalized spacial score (nSPS) is 10.0. The van der Waals surface area contributed by atoms with Crippen molar-refractivity contribution < 1.29 is 9.53 Å². The van der Waals surface area contributed by atoms with Crippen molar-refractivity contribution in [1.82, 2.24) is 15.5 Å². The number of hydrogen-bond donors (Lipinski definition) is 2. The summed E-state index contributed by atoms with van der Waals surface area (Å²) in [5.41, 5.74) is 7.47. The number of aromatic nitrogens is 2. The van der Waals surface area contributed by atoms with Gasteiger partial charge in [-0.25, -0.2) is 0 Å². The lowest BCUT2D eigenvalue weighted by Gasteiger charge is -2.08. The molecule has 0 aliphatic heterocycles. The van der Waals surface area contributed by atoms with Crippen molar-refractivity contribution >= 4 is 11.6 Å². The van der Waals surface area contributed by atoms with Crippen LogP contribution in [0.1, 0.15) is 16.1 Å². The maximum Gasteiger partial charge on any atom is 0.271 e. The van der Waals surface area contributed by atoms with E-state index in [4.69, 9.17) is 10.5 Å². The van der Waals surface area contributed by atoms with Crippen molar-refractivity contribution in [2.45, 2.75) is 6.92 Å². The molecule has 6 nitrogen and oxygen atoms in total. The molecule has 0 unspecified atom stereocenters. The van der Waals surface area contributed by atoms with E-state index >= 15 is 0 Å². The fraction of sp³-hybridized carbons (Fsp3) is 0.154. The number of rotatable bonds is 3. The van der Waals surface area contributed by atoms with Crippen LogP contribution in [0.3, 0.4) is 0 Å². The van der Waals surface area contributed by atoms with Gasteiger partial charge in [-0.1, -0.05) is 0 Å². The van der Waals surface area contributed by atoms with Crippen LogP contribution >= 0.6 is 0 Å². The van der Waals surface area contributed by atoms with Gasteiger partial charge in [0.1, 0.15) is 5.75 Å². The maximum atomic E-state index is 11.3. The number of hydrogen-bond acceptors (Lipinski definition) is 5. The third-order valence-corrected chi connectivity index (χ3v) is 2.51. The molecule has 0 spiro atoms. The van der Waals surface area contributed by atoms with E-state index in [2.05, 4.69) is 15.5 Å². The first-order valence-corrected chi connectivity index (χ1v) is 5.70. The van der Waals surface area contributed by atoms with Gasteiger partial charge in [0.2, 0.25) is 5.88 Å². The highest BCUT2D eigenvalue weighted by molar-refractivity contribution is 5.91. The number of nitrogens with one attached hydrogen (secondary N) is 1. The molecule has 6 heteroatoms. The van der Waals surface area contributed by atoms with Gasteiger partial charge in [-0.15, -0.1) is 10.2 Å². The van der Waals surface area contributed by atoms with Crippen LogP contribution in [0.15, 0.2) is 30.3 Å². The Labute approximate surface area is 110 Å². The van der Waals surface area contributed by atoms with Crippen molar-refractivity contribution in [3.63, 3.8) is 0 Å². The molecule has 0 aliphatic rings. The van der Waals surface area contributed by atoms with Crippen LogP contribution in [0.2, 0.25) is 0 Å². The second-order valence-corrected chi connectivity index (χ2v) is 3.96. The summed E-state index contributed by atoms with van der Waals surface area (Å²) in [6.45, 7) is 1.89. The van der Waals surface area contributed by atoms with Crippen molar-refractivity contribution in [3.05, 3.63) is 41.6 Å². The van der Waals surface area contributed by atoms with Crippen molar-refractivity contribution in [2.75, 3.05) is 12.8 Å². The standard InChI is InChI=1S/C13H14N4O2/c1-8-7-9(14)3-5-11(8)19-12-6-4-10(16-17-12)13(18)15-2/h3-7H,14H2,1-2H3,(H,15,18). The van der Waals surface area contributed by atoms with Gasteiger partial charge >= 0.3 is 0 Å². The average molecular weight is 258 g/mol. The minimum atomic E-state index is -0.289. The third kappa shape index (κ3) is 2.98. The largest absolute Gasteiger partial charge is 0.437 e. The first-order valence-electron chi connectivity index (χ1n) is 5.70. The molecule has 2 rings (SSSR count). The number of carbonyl (C=O) groups excluding carboxylic acids is 1. The molecule has 98 valence electrons. The molecule has 1 heterocycles. The summed E-state index contributed by atoms with van der Waals surface area (Å²) in [6, 6.07) is 8.45. The number of benzene rings is 1. The molecule has 1 aromatic heterocycles. The SMILES string of the molecule is CNC(=O)c1ccc(Oc2ccc(N)cc2C)nn1. The highest BCUT2D eigenvalue weighted by Crippen LogP contribution is 2.24. The van der Waals surface area contributed by atoms with Gasteiger partial charge in [0.25, 0.3) is 5.91 Å². The molecule has 19 heavy (non-hydrogen) atoms. The summed E-state index contributed by atoms with van der Waals surface area (Å²) in [4.78, 5) is 11.3. The monoisotopic (exact) mass is 258 g/mol. The van der Waals surface area contributed by atoms with E-state index < -0.39 is 0 Å². The fourth-order valence-corrected chi connectivity index (χ4v) is 1.52. The first kappa shape index (κ1) is 12.8. The van der Waals surface area contributed by atoms with Gasteiger partial charge in [-0.2, -0.15) is 0 Å². The summed E-state index contributed by atoms with van der Waals surface area (Å²) in [7, 11) is 1.53. The Kier molecular flexibility index (Phi) is 3.61. The van der Waals surface area contributed by atoms with Crippen LogP contribution in [0, 0.1) is 6.92 Å². The maximum absolute atomic E-state index is 11.3. The molecule has 0 fully saturated rings. The van der Waals surface area contributed by atoms with E-state index in [0.717, 1.165) is 5.56 Å². The molecule has 0 radical (unpaired) electrons. The summed E-state index contributed by atoms with van der Waals surface area (Å²) >= 11 is 0. The Hall–Kier alpha value is -2.63. The zero-order valence-electron chi connectivity index (χ0n) is 10.7. The quantitative estimate of drug-likeness (QED) is 0.814. The van der Waals surface area contributed by atoms with E-state index in [-0.39, 0.29) is 11.6 Å². The molecular formula is C13H14N4O2. The summed E-state index contributed by atoms with van der Waals surface area (Å²) in [5.74, 6) is 0.680. The summed E-state index contributed by atoms with van der Waals surface area (Å²) in [6.07, 6.45) is 0. The first-order chi connectivity index (χ1) is 9.10. The molecule has 3 N–H and O–H groups in total. The third-order valence-electron chi connectivity index (χ3n) is 2.51. The number of ether oxygens (including phenoxy) is 1. The molecule has 1 aromatic carbocycles. The number of aryl methyl sites for hydroxylation is 1. The molecule has 0 aliphatic carbocycles. The van der Waals surface area contributed by atoms with Crippen LogP contribution in [0.4, 0.5) is 5.69 Å². The lowest BCUT2D eigenvalue weighted by atomic mass is 10.2. The second kappa shape index (κ2) is 5.34. The highest BCUT2D eigenvalue weighted by Gasteiger charge is 2.07. The van der Waals surface area contributed by atoms with E-state index in [1.54, 1.807) is 24.3 Å². The Morgan fingerprint density at radius 1 is 1.26 bits per heavy atom. The van der Waals surface area contributed by atoms with E-state index in [1.807, 2.05) is 13.0 Å². The van der Waals surface area contributed by atoms with Crippen molar-refractivity contribution in [3.8, 4) is 11.6 Å². The van der Waals surface area contributed by atoms with Crippen LogP contribution in [-0.4, -0.2) is 23.2 Å². The zero-order valence-corrected chi connectivity index (χ0v) is 10.7. The lowest BCUT2D eigenvalue weighted by molar-refractivity contribution is 0.0957. The van der Waals surface area contributed by atoms with Crippen LogP contribution in [0.25, 0.3) is 0 Å². The Bertz CT molecular complexity index is 596. The van der Waals surface area contributed by atoms with E-state index in [0.29, 0.717) is 17.3 Å². The minimum absolute atomic E-state index is 0.240. The summed E-state index contributed by atoms with van der Waals surface area (Å²) in [5, 5.41) is 10.1.